The molecule has 0 radical (unpaired) electrons. The molecular formula is H17CaO15P3. The third kappa shape index (κ3) is 32.8. The van der Waals surface area contributed by atoms with E-state index in [0.29, 0.717) is 0 Å². The zero-order chi connectivity index (χ0) is 10.9. The van der Waals surface area contributed by atoms with Crippen LogP contribution in [-0.2, 0) is 22.3 Å². The first-order valence-corrected chi connectivity index (χ1v) is 6.83. The Morgan fingerprint density at radius 2 is 0.737 bits per heavy atom. The molecule has 0 heterocycles. The van der Waals surface area contributed by atoms with Crippen molar-refractivity contribution < 1.29 is 74.2 Å². The Balaban J connectivity index is -0.0000000480. The van der Waals surface area contributed by atoms with Crippen molar-refractivity contribution in [2.45, 2.75) is 0 Å². The van der Waals surface area contributed by atoms with Crippen molar-refractivity contribution in [2.75, 3.05) is 0 Å². The molecule has 0 aromatic heterocycles. The van der Waals surface area contributed by atoms with E-state index in [2.05, 4.69) is 8.62 Å². The molecule has 15 nitrogen and oxygen atoms in total. The summed E-state index contributed by atoms with van der Waals surface area (Å²) < 4.78 is 36.4. The summed E-state index contributed by atoms with van der Waals surface area (Å²) in [5, 5.41) is 0. The summed E-state index contributed by atoms with van der Waals surface area (Å²) in [6.07, 6.45) is 0. The van der Waals surface area contributed by atoms with E-state index in [1.54, 1.807) is 0 Å². The fraction of sp³-hybridized carbons (Fsp3) is 0. The van der Waals surface area contributed by atoms with Gasteiger partial charge in [0.25, 0.3) is 0 Å². The average molecular weight is 390 g/mol. The van der Waals surface area contributed by atoms with Crippen LogP contribution in [0.25, 0.3) is 0 Å². The van der Waals surface area contributed by atoms with Crippen molar-refractivity contribution in [1.82, 2.24) is 0 Å². The van der Waals surface area contributed by atoms with E-state index in [4.69, 9.17) is 24.5 Å². The predicted molar refractivity (Wildman–Crippen MR) is 62.7 cm³/mol. The van der Waals surface area contributed by atoms with E-state index >= 15 is 0 Å². The van der Waals surface area contributed by atoms with E-state index in [-0.39, 0.29) is 65.1 Å². The molecular weight excluding hydrogens is 373 g/mol. The molecule has 0 aliphatic carbocycles. The maximum atomic E-state index is 10.4. The molecule has 0 amide bonds. The van der Waals surface area contributed by atoms with E-state index < -0.39 is 23.5 Å². The van der Waals surface area contributed by atoms with Gasteiger partial charge in [-0.2, -0.15) is 8.62 Å². The second-order valence-corrected chi connectivity index (χ2v) is 5.82. The van der Waals surface area contributed by atoms with Gasteiger partial charge in [-0.3, -0.25) is 0 Å². The fourth-order valence-corrected chi connectivity index (χ4v) is 2.82. The topological polar surface area (TPSA) is 328 Å². The van der Waals surface area contributed by atoms with Gasteiger partial charge in [0.15, 0.2) is 0 Å². The Morgan fingerprint density at radius 3 is 0.842 bits per heavy atom. The molecule has 0 aliphatic rings. The first kappa shape index (κ1) is 42.8. The van der Waals surface area contributed by atoms with E-state index in [1.807, 2.05) is 0 Å². The molecule has 0 bridgehead atoms. The molecule has 0 atom stereocenters. The first-order valence-electron chi connectivity index (χ1n) is 2.28. The monoisotopic (exact) mass is 390 g/mol. The van der Waals surface area contributed by atoms with Gasteiger partial charge in [-0.15, -0.1) is 0 Å². The zero-order valence-corrected chi connectivity index (χ0v) is 10.8. The van der Waals surface area contributed by atoms with E-state index in [9.17, 15) is 13.7 Å². The average Bonchev–Trinajstić information content (AvgIpc) is 1.43. The summed E-state index contributed by atoms with van der Waals surface area (Å²) in [6.45, 7) is 0. The molecule has 0 saturated carbocycles. The Morgan fingerprint density at radius 1 is 0.579 bits per heavy atom. The van der Waals surface area contributed by atoms with Crippen LogP contribution in [0, 0.1) is 0 Å². The summed E-state index contributed by atoms with van der Waals surface area (Å²) >= 11 is 0. The Hall–Kier alpha value is 1.47. The van der Waals surface area contributed by atoms with Crippen molar-refractivity contribution in [1.29, 1.82) is 0 Å². The van der Waals surface area contributed by atoms with Gasteiger partial charge < -0.3 is 51.8 Å². The standard InChI is InChI=1S/Ca.H5O10P3.5H2O.2H/c;1-11(2,3)9-13(7,8)10-12(4,5)6;;;;;;;/h;(H,7,8)(H2,1,2,3)(H2,4,5,6);5*1H2;;. The van der Waals surface area contributed by atoms with Gasteiger partial charge >= 0.3 is 61.2 Å². The van der Waals surface area contributed by atoms with Gasteiger partial charge in [-0.1, -0.05) is 0 Å². The summed E-state index contributed by atoms with van der Waals surface area (Å²) in [7, 11) is -16.2. The number of hydrogen-bond donors (Lipinski definition) is 5. The number of hydrogen-bond acceptors (Lipinski definition) is 5. The first-order chi connectivity index (χ1) is 5.41. The minimum absolute atomic E-state index is 0. The van der Waals surface area contributed by atoms with E-state index in [1.165, 1.54) is 0 Å². The summed E-state index contributed by atoms with van der Waals surface area (Å²) in [6, 6.07) is 0. The summed E-state index contributed by atoms with van der Waals surface area (Å²) in [4.78, 5) is 40.2. The second kappa shape index (κ2) is 14.4. The Labute approximate surface area is 135 Å². The van der Waals surface area contributed by atoms with Gasteiger partial charge in [0.1, 0.15) is 0 Å². The van der Waals surface area contributed by atoms with Crippen molar-refractivity contribution in [2.24, 2.45) is 0 Å². The van der Waals surface area contributed by atoms with Gasteiger partial charge in [0.05, 0.1) is 0 Å². The number of phosphoric acid groups is 3. The van der Waals surface area contributed by atoms with E-state index in [0.717, 1.165) is 0 Å². The number of rotatable bonds is 4. The normalized spacial score (nSPS) is 9.95. The third-order valence-electron chi connectivity index (χ3n) is 0.419. The maximum absolute atomic E-state index is 10.4. The summed E-state index contributed by atoms with van der Waals surface area (Å²) in [5.74, 6) is 0. The molecule has 0 unspecified atom stereocenters. The zero-order valence-electron chi connectivity index (χ0n) is 8.12. The predicted octanol–water partition coefficient (Wildman–Crippen LogP) is -5.73. The third-order valence-corrected chi connectivity index (χ3v) is 3.77. The molecule has 15 N–H and O–H groups in total. The van der Waals surface area contributed by atoms with Crippen LogP contribution in [0.15, 0.2) is 0 Å². The van der Waals surface area contributed by atoms with Gasteiger partial charge in [-0.05, 0) is 0 Å². The van der Waals surface area contributed by atoms with Crippen LogP contribution < -0.4 is 0 Å². The van der Waals surface area contributed by atoms with Crippen molar-refractivity contribution in [3.05, 3.63) is 0 Å². The van der Waals surface area contributed by atoms with Crippen LogP contribution in [0.2, 0.25) is 0 Å². The fourth-order valence-electron chi connectivity index (χ4n) is 0.284. The molecule has 19 heavy (non-hydrogen) atoms. The van der Waals surface area contributed by atoms with Crippen molar-refractivity contribution >= 4 is 61.2 Å². The Kier molecular flexibility index (Phi) is 32.4. The molecule has 0 fully saturated rings. The van der Waals surface area contributed by atoms with Crippen molar-refractivity contribution in [3.8, 4) is 0 Å². The van der Waals surface area contributed by atoms with Crippen LogP contribution in [0.1, 0.15) is 0 Å². The quantitative estimate of drug-likeness (QED) is 0.223. The van der Waals surface area contributed by atoms with Crippen LogP contribution in [-0.4, -0.2) is 89.6 Å². The molecule has 0 aromatic carbocycles. The van der Waals surface area contributed by atoms with Gasteiger partial charge in [0, 0.05) is 0 Å². The Bertz CT molecular complexity index is 279. The van der Waals surface area contributed by atoms with Crippen LogP contribution in [0.5, 0.6) is 0 Å². The van der Waals surface area contributed by atoms with Crippen LogP contribution in [0.4, 0.5) is 0 Å². The van der Waals surface area contributed by atoms with Gasteiger partial charge in [0.2, 0.25) is 0 Å². The van der Waals surface area contributed by atoms with Crippen LogP contribution in [0.3, 0.4) is 0 Å². The molecule has 124 valence electrons. The molecule has 0 spiro atoms. The molecule has 0 aliphatic heterocycles. The molecule has 0 saturated heterocycles. The molecule has 0 aromatic rings. The SMILES string of the molecule is O.O.O.O.O.O=P(O)(O)OP(=O)(O)OP(=O)(O)O.[CaH2]. The second-order valence-electron chi connectivity index (χ2n) is 1.61. The molecule has 0 rings (SSSR count). The summed E-state index contributed by atoms with van der Waals surface area (Å²) in [5.41, 5.74) is 0. The van der Waals surface area contributed by atoms with Gasteiger partial charge in [-0.25, -0.2) is 13.7 Å². The van der Waals surface area contributed by atoms with Crippen molar-refractivity contribution in [3.63, 3.8) is 0 Å². The minimum atomic E-state index is -5.46. The molecule has 19 heteroatoms. The van der Waals surface area contributed by atoms with Crippen LogP contribution >= 0.6 is 23.5 Å².